The molecule has 1 atom stereocenters. The number of amides is 1. The minimum atomic E-state index is 0. The number of furan rings is 1. The first-order valence-corrected chi connectivity index (χ1v) is 9.04. The van der Waals surface area contributed by atoms with E-state index < -0.39 is 0 Å². The number of nitrogen functional groups attached to an aromatic ring is 1. The van der Waals surface area contributed by atoms with Crippen LogP contribution in [0.4, 0.5) is 5.69 Å². The number of carbonyl (C=O) groups is 1. The van der Waals surface area contributed by atoms with E-state index in [-0.39, 0.29) is 36.8 Å². The van der Waals surface area contributed by atoms with Crippen LogP contribution < -0.4 is 11.1 Å². The fourth-order valence-corrected chi connectivity index (χ4v) is 3.40. The number of anilines is 1. The Morgan fingerprint density at radius 2 is 1.89 bits per heavy atom. The van der Waals surface area contributed by atoms with E-state index in [0.29, 0.717) is 19.4 Å². The number of benzene rings is 1. The van der Waals surface area contributed by atoms with Gasteiger partial charge in [0, 0.05) is 18.7 Å². The van der Waals surface area contributed by atoms with Crippen molar-refractivity contribution in [2.24, 2.45) is 0 Å². The van der Waals surface area contributed by atoms with Crippen LogP contribution in [0.5, 0.6) is 0 Å². The van der Waals surface area contributed by atoms with Crippen molar-refractivity contribution in [3.8, 4) is 0 Å². The van der Waals surface area contributed by atoms with Gasteiger partial charge in [0.2, 0.25) is 5.91 Å². The Kier molecular flexibility index (Phi) is 9.70. The highest BCUT2D eigenvalue weighted by atomic mass is 35.5. The maximum absolute atomic E-state index is 12.3. The molecule has 27 heavy (non-hydrogen) atoms. The summed E-state index contributed by atoms with van der Waals surface area (Å²) in [5, 5.41) is 3.08. The van der Waals surface area contributed by atoms with Gasteiger partial charge in [-0.15, -0.1) is 24.8 Å². The van der Waals surface area contributed by atoms with Gasteiger partial charge < -0.3 is 15.5 Å². The Morgan fingerprint density at radius 1 is 1.19 bits per heavy atom. The lowest BCUT2D eigenvalue weighted by Crippen LogP contribution is -2.36. The summed E-state index contributed by atoms with van der Waals surface area (Å²) in [6.45, 7) is 4.64. The first kappa shape index (κ1) is 23.3. The summed E-state index contributed by atoms with van der Waals surface area (Å²) in [5.41, 5.74) is 7.71. The molecule has 0 spiro atoms. The van der Waals surface area contributed by atoms with Crippen LogP contribution >= 0.6 is 24.8 Å². The molecular formula is C20H29Cl2N3O2. The molecule has 7 heteroatoms. The van der Waals surface area contributed by atoms with E-state index in [4.69, 9.17) is 10.2 Å². The van der Waals surface area contributed by atoms with Crippen molar-refractivity contribution in [3.05, 3.63) is 53.5 Å². The Labute approximate surface area is 173 Å². The van der Waals surface area contributed by atoms with Crippen molar-refractivity contribution < 1.29 is 9.21 Å². The van der Waals surface area contributed by atoms with Crippen LogP contribution in [0, 0.1) is 6.92 Å². The second-order valence-corrected chi connectivity index (χ2v) is 6.71. The lowest BCUT2D eigenvalue weighted by Gasteiger charge is -2.26. The number of nitrogens with zero attached hydrogens (tertiary/aromatic N) is 1. The van der Waals surface area contributed by atoms with E-state index in [1.54, 1.807) is 0 Å². The van der Waals surface area contributed by atoms with Gasteiger partial charge in [0.1, 0.15) is 11.5 Å². The summed E-state index contributed by atoms with van der Waals surface area (Å²) in [6, 6.07) is 11.8. The maximum Gasteiger partial charge on any atom is 0.220 e. The van der Waals surface area contributed by atoms with Crippen LogP contribution in [0.25, 0.3) is 0 Å². The molecule has 0 radical (unpaired) electrons. The lowest BCUT2D eigenvalue weighted by molar-refractivity contribution is -0.121. The quantitative estimate of drug-likeness (QED) is 0.675. The number of aryl methyl sites for hydroxylation is 2. The largest absolute Gasteiger partial charge is 0.465 e. The molecule has 5 nitrogen and oxygen atoms in total. The highest BCUT2D eigenvalue weighted by Gasteiger charge is 2.26. The van der Waals surface area contributed by atoms with Crippen molar-refractivity contribution in [1.29, 1.82) is 0 Å². The maximum atomic E-state index is 12.3. The summed E-state index contributed by atoms with van der Waals surface area (Å²) in [5.74, 6) is 1.90. The first-order chi connectivity index (χ1) is 12.1. The van der Waals surface area contributed by atoms with Gasteiger partial charge in [-0.2, -0.15) is 0 Å². The van der Waals surface area contributed by atoms with Crippen LogP contribution in [0.15, 0.2) is 40.8 Å². The zero-order valence-electron chi connectivity index (χ0n) is 15.6. The van der Waals surface area contributed by atoms with Crippen molar-refractivity contribution in [3.63, 3.8) is 0 Å². The zero-order valence-corrected chi connectivity index (χ0v) is 17.3. The number of para-hydroxylation sites is 1. The molecule has 0 aliphatic carbocycles. The Balaban J connectivity index is 0.00000182. The molecule has 1 aliphatic rings. The Bertz CT molecular complexity index is 715. The van der Waals surface area contributed by atoms with E-state index in [0.717, 1.165) is 35.9 Å². The molecule has 1 fully saturated rings. The SMILES string of the molecule is Cc1ccc(C(CNC(=O)CCc2ccccc2N)N2CCCC2)o1.Cl.Cl. The van der Waals surface area contributed by atoms with Gasteiger partial charge >= 0.3 is 0 Å². The lowest BCUT2D eigenvalue weighted by atomic mass is 10.1. The van der Waals surface area contributed by atoms with Crippen LogP contribution in [0.2, 0.25) is 0 Å². The van der Waals surface area contributed by atoms with E-state index in [1.807, 2.05) is 43.3 Å². The molecule has 1 amide bonds. The van der Waals surface area contributed by atoms with Crippen LogP contribution in [0.1, 0.15) is 42.4 Å². The minimum Gasteiger partial charge on any atom is -0.465 e. The van der Waals surface area contributed by atoms with Gasteiger partial charge in [0.25, 0.3) is 0 Å². The predicted molar refractivity (Wildman–Crippen MR) is 114 cm³/mol. The van der Waals surface area contributed by atoms with Crippen LogP contribution in [-0.4, -0.2) is 30.4 Å². The van der Waals surface area contributed by atoms with Gasteiger partial charge in [0.05, 0.1) is 6.04 Å². The summed E-state index contributed by atoms with van der Waals surface area (Å²) in [6.07, 6.45) is 3.51. The smallest absolute Gasteiger partial charge is 0.220 e. The number of nitrogens with two attached hydrogens (primary N) is 1. The van der Waals surface area contributed by atoms with E-state index >= 15 is 0 Å². The van der Waals surface area contributed by atoms with Gasteiger partial charge in [-0.05, 0) is 63.0 Å². The fourth-order valence-electron chi connectivity index (χ4n) is 3.40. The number of carbonyl (C=O) groups excluding carboxylic acids is 1. The second-order valence-electron chi connectivity index (χ2n) is 6.71. The monoisotopic (exact) mass is 413 g/mol. The Hall–Kier alpha value is -1.69. The molecule has 3 rings (SSSR count). The van der Waals surface area contributed by atoms with Gasteiger partial charge in [-0.1, -0.05) is 18.2 Å². The van der Waals surface area contributed by atoms with Crippen molar-refractivity contribution in [1.82, 2.24) is 10.2 Å². The number of likely N-dealkylation sites (tertiary alicyclic amines) is 1. The van der Waals surface area contributed by atoms with Crippen molar-refractivity contribution >= 4 is 36.4 Å². The number of hydrogen-bond acceptors (Lipinski definition) is 4. The average molecular weight is 414 g/mol. The molecule has 1 unspecified atom stereocenters. The number of rotatable bonds is 7. The molecule has 3 N–H and O–H groups in total. The van der Waals surface area contributed by atoms with Gasteiger partial charge in [0.15, 0.2) is 0 Å². The summed E-state index contributed by atoms with van der Waals surface area (Å²) in [7, 11) is 0. The van der Waals surface area contributed by atoms with Crippen LogP contribution in [0.3, 0.4) is 0 Å². The summed E-state index contributed by atoms with van der Waals surface area (Å²) in [4.78, 5) is 14.7. The summed E-state index contributed by atoms with van der Waals surface area (Å²) >= 11 is 0. The zero-order chi connectivity index (χ0) is 17.6. The molecule has 0 saturated carbocycles. The average Bonchev–Trinajstić information content (AvgIpc) is 3.27. The van der Waals surface area contributed by atoms with Gasteiger partial charge in [-0.25, -0.2) is 0 Å². The predicted octanol–water partition coefficient (Wildman–Crippen LogP) is 3.90. The third-order valence-corrected chi connectivity index (χ3v) is 4.84. The normalized spacial score (nSPS) is 14.9. The minimum absolute atomic E-state index is 0. The molecule has 150 valence electrons. The number of nitrogens with one attached hydrogen (secondary N) is 1. The molecular weight excluding hydrogens is 385 g/mol. The molecule has 0 bridgehead atoms. The molecule has 2 aromatic rings. The first-order valence-electron chi connectivity index (χ1n) is 9.04. The highest BCUT2D eigenvalue weighted by molar-refractivity contribution is 5.85. The van der Waals surface area contributed by atoms with Gasteiger partial charge in [-0.3, -0.25) is 9.69 Å². The van der Waals surface area contributed by atoms with E-state index in [1.165, 1.54) is 12.8 Å². The second kappa shape index (κ2) is 11.2. The van der Waals surface area contributed by atoms with Crippen LogP contribution in [-0.2, 0) is 11.2 Å². The highest BCUT2D eigenvalue weighted by Crippen LogP contribution is 2.26. The number of halogens is 2. The standard InChI is InChI=1S/C20H27N3O2.2ClH/c1-15-8-10-19(25-15)18(23-12-4-5-13-23)14-22-20(24)11-9-16-6-2-3-7-17(16)21;;/h2-3,6-8,10,18H,4-5,9,11-14,21H2,1H3,(H,22,24);2*1H. The Morgan fingerprint density at radius 3 is 2.52 bits per heavy atom. The van der Waals surface area contributed by atoms with Crippen molar-refractivity contribution in [2.75, 3.05) is 25.4 Å². The molecule has 1 aromatic carbocycles. The number of hydrogen-bond donors (Lipinski definition) is 2. The topological polar surface area (TPSA) is 71.5 Å². The summed E-state index contributed by atoms with van der Waals surface area (Å²) < 4.78 is 5.83. The third-order valence-electron chi connectivity index (χ3n) is 4.84. The van der Waals surface area contributed by atoms with Crippen molar-refractivity contribution in [2.45, 2.75) is 38.6 Å². The van der Waals surface area contributed by atoms with E-state index in [2.05, 4.69) is 10.2 Å². The molecule has 1 aliphatic heterocycles. The molecule has 2 heterocycles. The fraction of sp³-hybridized carbons (Fsp3) is 0.450. The molecule has 1 saturated heterocycles. The molecule has 1 aromatic heterocycles. The van der Waals surface area contributed by atoms with E-state index in [9.17, 15) is 4.79 Å². The third kappa shape index (κ3) is 6.45.